The number of Topliss-reactive ketones (excluding diaryl/α,β-unsaturated/α-hetero) is 1. The SMILES string of the molecule is C=C(C)C(=O)Cc1ccc2c(c1)C(C)(C)C(C)=[N+]2CCO. The lowest BCUT2D eigenvalue weighted by Crippen LogP contribution is -2.27. The quantitative estimate of drug-likeness (QED) is 0.668. The van der Waals surface area contributed by atoms with Crippen molar-refractivity contribution in [3.05, 3.63) is 41.5 Å². The molecule has 0 spiro atoms. The van der Waals surface area contributed by atoms with E-state index in [9.17, 15) is 9.90 Å². The molecule has 1 aromatic carbocycles. The molecule has 0 radical (unpaired) electrons. The fourth-order valence-electron chi connectivity index (χ4n) is 2.87. The zero-order valence-electron chi connectivity index (χ0n) is 13.4. The van der Waals surface area contributed by atoms with Crippen molar-refractivity contribution in [2.75, 3.05) is 13.2 Å². The van der Waals surface area contributed by atoms with Gasteiger partial charge in [0.1, 0.15) is 6.61 Å². The summed E-state index contributed by atoms with van der Waals surface area (Å²) in [5.41, 5.74) is 5.13. The molecule has 1 heterocycles. The van der Waals surface area contributed by atoms with Crippen LogP contribution in [0.25, 0.3) is 0 Å². The molecule has 0 aliphatic carbocycles. The number of ketones is 1. The molecule has 3 heteroatoms. The van der Waals surface area contributed by atoms with Gasteiger partial charge in [-0.2, -0.15) is 4.58 Å². The first-order chi connectivity index (χ1) is 9.78. The van der Waals surface area contributed by atoms with Crippen molar-refractivity contribution in [2.45, 2.75) is 39.5 Å². The van der Waals surface area contributed by atoms with Crippen LogP contribution in [0.2, 0.25) is 0 Å². The maximum atomic E-state index is 11.9. The molecule has 0 atom stereocenters. The van der Waals surface area contributed by atoms with Gasteiger partial charge < -0.3 is 5.11 Å². The van der Waals surface area contributed by atoms with E-state index in [2.05, 4.69) is 44.1 Å². The van der Waals surface area contributed by atoms with Crippen LogP contribution in [0.1, 0.15) is 38.8 Å². The lowest BCUT2D eigenvalue weighted by molar-refractivity contribution is -0.442. The van der Waals surface area contributed by atoms with Gasteiger partial charge in [0, 0.05) is 25.0 Å². The largest absolute Gasteiger partial charge is 0.390 e. The van der Waals surface area contributed by atoms with E-state index in [1.165, 1.54) is 11.3 Å². The van der Waals surface area contributed by atoms with Crippen LogP contribution in [-0.2, 0) is 16.6 Å². The van der Waals surface area contributed by atoms with E-state index in [-0.39, 0.29) is 17.8 Å². The highest BCUT2D eigenvalue weighted by Crippen LogP contribution is 2.39. The zero-order valence-corrected chi connectivity index (χ0v) is 13.4. The molecule has 0 saturated carbocycles. The van der Waals surface area contributed by atoms with E-state index in [0.29, 0.717) is 18.5 Å². The number of carbonyl (C=O) groups excluding carboxylic acids is 1. The Morgan fingerprint density at radius 2 is 2.05 bits per heavy atom. The number of carbonyl (C=O) groups is 1. The fraction of sp³-hybridized carbons (Fsp3) is 0.444. The number of nitrogens with zero attached hydrogens (tertiary/aromatic N) is 1. The Morgan fingerprint density at radius 3 is 2.62 bits per heavy atom. The van der Waals surface area contributed by atoms with Gasteiger partial charge in [-0.05, 0) is 38.0 Å². The lowest BCUT2D eigenvalue weighted by Gasteiger charge is -2.15. The van der Waals surface area contributed by atoms with Crippen molar-refractivity contribution < 1.29 is 14.5 Å². The number of allylic oxidation sites excluding steroid dienone is 1. The summed E-state index contributed by atoms with van der Waals surface area (Å²) in [4.78, 5) is 11.9. The molecule has 3 nitrogen and oxygen atoms in total. The highest BCUT2D eigenvalue weighted by atomic mass is 16.3. The van der Waals surface area contributed by atoms with E-state index in [0.717, 1.165) is 11.3 Å². The molecule has 2 rings (SSSR count). The van der Waals surface area contributed by atoms with Crippen LogP contribution in [0.4, 0.5) is 5.69 Å². The second-order valence-electron chi connectivity index (χ2n) is 6.32. The van der Waals surface area contributed by atoms with Gasteiger partial charge in [0.25, 0.3) is 0 Å². The van der Waals surface area contributed by atoms with E-state index in [4.69, 9.17) is 0 Å². The highest BCUT2D eigenvalue weighted by molar-refractivity contribution is 5.96. The number of benzene rings is 1. The van der Waals surface area contributed by atoms with Crippen LogP contribution < -0.4 is 0 Å². The smallest absolute Gasteiger partial charge is 0.209 e. The van der Waals surface area contributed by atoms with Crippen LogP contribution in [0.5, 0.6) is 0 Å². The van der Waals surface area contributed by atoms with Gasteiger partial charge in [0.15, 0.2) is 18.0 Å². The van der Waals surface area contributed by atoms with E-state index < -0.39 is 0 Å². The number of aliphatic hydroxyl groups excluding tert-OH is 1. The van der Waals surface area contributed by atoms with E-state index >= 15 is 0 Å². The number of fused-ring (bicyclic) bond motifs is 1. The molecule has 0 amide bonds. The molecule has 112 valence electrons. The third-order valence-corrected chi connectivity index (χ3v) is 4.50. The van der Waals surface area contributed by atoms with Crippen molar-refractivity contribution >= 4 is 17.2 Å². The summed E-state index contributed by atoms with van der Waals surface area (Å²) in [6.07, 6.45) is 0.401. The average Bonchev–Trinajstić information content (AvgIpc) is 2.60. The van der Waals surface area contributed by atoms with Crippen LogP contribution >= 0.6 is 0 Å². The Hall–Kier alpha value is -1.74. The van der Waals surface area contributed by atoms with Gasteiger partial charge in [-0.3, -0.25) is 4.79 Å². The van der Waals surface area contributed by atoms with Gasteiger partial charge in [0.2, 0.25) is 5.69 Å². The molecule has 0 unspecified atom stereocenters. The minimum Gasteiger partial charge on any atom is -0.390 e. The zero-order chi connectivity index (χ0) is 15.8. The molecule has 21 heavy (non-hydrogen) atoms. The average molecular weight is 286 g/mol. The van der Waals surface area contributed by atoms with Gasteiger partial charge in [-0.25, -0.2) is 0 Å². The van der Waals surface area contributed by atoms with Crippen molar-refractivity contribution in [3.63, 3.8) is 0 Å². The minimum atomic E-state index is -0.0766. The Kier molecular flexibility index (Phi) is 4.15. The first kappa shape index (κ1) is 15.6. The van der Waals surface area contributed by atoms with Crippen LogP contribution in [-0.4, -0.2) is 34.3 Å². The summed E-state index contributed by atoms with van der Waals surface area (Å²) < 4.78 is 2.17. The van der Waals surface area contributed by atoms with Crippen molar-refractivity contribution in [3.8, 4) is 0 Å². The molecule has 1 aliphatic heterocycles. The van der Waals surface area contributed by atoms with Crippen molar-refractivity contribution in [2.24, 2.45) is 0 Å². The number of rotatable bonds is 5. The minimum absolute atomic E-state index is 0.0766. The van der Waals surface area contributed by atoms with Crippen molar-refractivity contribution in [1.82, 2.24) is 0 Å². The van der Waals surface area contributed by atoms with Gasteiger partial charge in [-0.1, -0.05) is 12.6 Å². The summed E-state index contributed by atoms with van der Waals surface area (Å²) in [7, 11) is 0. The Morgan fingerprint density at radius 1 is 1.38 bits per heavy atom. The van der Waals surface area contributed by atoms with Crippen LogP contribution in [0.3, 0.4) is 0 Å². The molecule has 0 bridgehead atoms. The number of β-amino-alcohol motifs (C(OH)–C–C–N with tert-alkyl or cyclic N) is 1. The molecule has 0 fully saturated rings. The summed E-state index contributed by atoms with van der Waals surface area (Å²) in [5, 5.41) is 9.27. The number of hydrogen-bond acceptors (Lipinski definition) is 2. The first-order valence-electron chi connectivity index (χ1n) is 7.33. The standard InChI is InChI=1S/C18H24NO2/c1-12(2)17(21)11-14-6-7-16-15(10-14)18(4,5)13(3)19(16)8-9-20/h6-7,10,20H,1,8-9,11H2,2-5H3/q+1. The summed E-state index contributed by atoms with van der Waals surface area (Å²) in [5.74, 6) is 0.0821. The molecule has 1 N–H and O–H groups in total. The number of aliphatic hydroxyl groups is 1. The molecular formula is C18H24NO2+. The predicted octanol–water partition coefficient (Wildman–Crippen LogP) is 2.76. The maximum absolute atomic E-state index is 11.9. The van der Waals surface area contributed by atoms with Gasteiger partial charge in [-0.15, -0.1) is 0 Å². The lowest BCUT2D eigenvalue weighted by atomic mass is 9.81. The fourth-order valence-corrected chi connectivity index (χ4v) is 2.87. The Bertz CT molecular complexity index is 639. The third kappa shape index (κ3) is 2.70. The van der Waals surface area contributed by atoms with Crippen LogP contribution in [0, 0.1) is 0 Å². The summed E-state index contributed by atoms with van der Waals surface area (Å²) in [6.45, 7) is 12.7. The Labute approximate surface area is 126 Å². The van der Waals surface area contributed by atoms with E-state index in [1.54, 1.807) is 6.92 Å². The van der Waals surface area contributed by atoms with Crippen LogP contribution in [0.15, 0.2) is 30.4 Å². The highest BCUT2D eigenvalue weighted by Gasteiger charge is 2.42. The summed E-state index contributed by atoms with van der Waals surface area (Å²) in [6, 6.07) is 6.18. The number of hydrogen-bond donors (Lipinski definition) is 1. The monoisotopic (exact) mass is 286 g/mol. The Balaban J connectivity index is 2.42. The molecule has 0 saturated heterocycles. The maximum Gasteiger partial charge on any atom is 0.209 e. The normalized spacial score (nSPS) is 16.0. The molecule has 1 aliphatic rings. The second-order valence-corrected chi connectivity index (χ2v) is 6.32. The van der Waals surface area contributed by atoms with Gasteiger partial charge >= 0.3 is 0 Å². The summed E-state index contributed by atoms with van der Waals surface area (Å²) >= 11 is 0. The van der Waals surface area contributed by atoms with Gasteiger partial charge in [0.05, 0.1) is 5.41 Å². The second kappa shape index (κ2) is 5.57. The van der Waals surface area contributed by atoms with Crippen molar-refractivity contribution in [1.29, 1.82) is 0 Å². The third-order valence-electron chi connectivity index (χ3n) is 4.50. The topological polar surface area (TPSA) is 40.3 Å². The first-order valence-corrected chi connectivity index (χ1v) is 7.33. The molecular weight excluding hydrogens is 262 g/mol. The molecule has 0 aromatic heterocycles. The van der Waals surface area contributed by atoms with E-state index in [1.807, 2.05) is 6.07 Å². The predicted molar refractivity (Wildman–Crippen MR) is 85.5 cm³/mol. The molecule has 1 aromatic rings.